The Balaban J connectivity index is 2.16. The van der Waals surface area contributed by atoms with E-state index in [0.717, 1.165) is 18.8 Å². The summed E-state index contributed by atoms with van der Waals surface area (Å²) in [5, 5.41) is 0. The van der Waals surface area contributed by atoms with Crippen LogP contribution in [0.25, 0.3) is 0 Å². The number of ether oxygens (including phenoxy) is 4. The van der Waals surface area contributed by atoms with Gasteiger partial charge in [0, 0.05) is 25.4 Å². The van der Waals surface area contributed by atoms with E-state index in [1.54, 1.807) is 7.11 Å². The van der Waals surface area contributed by atoms with Crippen molar-refractivity contribution in [2.75, 3.05) is 33.7 Å². The van der Waals surface area contributed by atoms with E-state index in [4.69, 9.17) is 18.9 Å². The third-order valence-corrected chi connectivity index (χ3v) is 8.45. The van der Waals surface area contributed by atoms with Gasteiger partial charge in [0.15, 0.2) is 0 Å². The lowest BCUT2D eigenvalue weighted by Crippen LogP contribution is -2.46. The van der Waals surface area contributed by atoms with Crippen molar-refractivity contribution in [3.05, 3.63) is 0 Å². The molecule has 0 unspecified atom stereocenters. The number of rotatable bonds is 14. The molecule has 2 saturated carbocycles. The van der Waals surface area contributed by atoms with Gasteiger partial charge in [-0.1, -0.05) is 47.0 Å². The minimum absolute atomic E-state index is 0.0207. The SMILES string of the molecule is COCCOCO[C@H]1C[C@H]([C@H](C)CCCC(C)C)[C@@]2(C)CCC(=O)[C@@H](CCOC(=O)C(C)(C)C)[C@H]12. The van der Waals surface area contributed by atoms with E-state index in [-0.39, 0.29) is 42.7 Å². The Kier molecular flexibility index (Phi) is 11.7. The van der Waals surface area contributed by atoms with Crippen molar-refractivity contribution in [1.29, 1.82) is 0 Å². The van der Waals surface area contributed by atoms with Gasteiger partial charge in [0.05, 0.1) is 31.3 Å². The predicted octanol–water partition coefficient (Wildman–Crippen LogP) is 6.06. The van der Waals surface area contributed by atoms with Crippen LogP contribution >= 0.6 is 0 Å². The molecule has 0 radical (unpaired) electrons. The Bertz CT molecular complexity index is 669. The highest BCUT2D eigenvalue weighted by atomic mass is 16.7. The summed E-state index contributed by atoms with van der Waals surface area (Å²) in [6.45, 7) is 16.4. The van der Waals surface area contributed by atoms with Gasteiger partial charge in [-0.15, -0.1) is 0 Å². The lowest BCUT2D eigenvalue weighted by atomic mass is 9.58. The molecule has 6 atom stereocenters. The summed E-state index contributed by atoms with van der Waals surface area (Å²) in [4.78, 5) is 25.5. The Morgan fingerprint density at radius 2 is 1.83 bits per heavy atom. The molecule has 35 heavy (non-hydrogen) atoms. The highest BCUT2D eigenvalue weighted by Gasteiger charge is 2.59. The number of hydrogen-bond acceptors (Lipinski definition) is 6. The van der Waals surface area contributed by atoms with Crippen LogP contribution in [-0.4, -0.2) is 51.6 Å². The molecule has 6 heteroatoms. The maximum absolute atomic E-state index is 13.2. The molecule has 204 valence electrons. The van der Waals surface area contributed by atoms with Gasteiger partial charge in [0.25, 0.3) is 0 Å². The Hall–Kier alpha value is -0.980. The van der Waals surface area contributed by atoms with Gasteiger partial charge in [-0.3, -0.25) is 9.59 Å². The highest BCUT2D eigenvalue weighted by molar-refractivity contribution is 5.82. The molecule has 0 N–H and O–H groups in total. The number of ketones is 1. The van der Waals surface area contributed by atoms with Crippen molar-refractivity contribution in [3.63, 3.8) is 0 Å². The third-order valence-electron chi connectivity index (χ3n) is 8.45. The highest BCUT2D eigenvalue weighted by Crippen LogP contribution is 2.60. The van der Waals surface area contributed by atoms with E-state index in [1.807, 2.05) is 20.8 Å². The Morgan fingerprint density at radius 1 is 1.11 bits per heavy atom. The topological polar surface area (TPSA) is 71.1 Å². The van der Waals surface area contributed by atoms with Crippen molar-refractivity contribution < 1.29 is 28.5 Å². The molecule has 0 bridgehead atoms. The second kappa shape index (κ2) is 13.5. The number of hydrogen-bond donors (Lipinski definition) is 0. The fraction of sp³-hybridized carbons (Fsp3) is 0.931. The molecule has 6 nitrogen and oxygen atoms in total. The van der Waals surface area contributed by atoms with Crippen LogP contribution in [0.15, 0.2) is 0 Å². The molecule has 0 saturated heterocycles. The van der Waals surface area contributed by atoms with Crippen molar-refractivity contribution in [2.45, 2.75) is 99.5 Å². The standard InChI is InChI=1S/C29H52O6/c1-20(2)10-9-11-21(3)23-18-25(35-19-33-17-16-32-8)26-22(24(30)12-14-29(23,26)7)13-15-34-27(31)28(4,5)6/h20-23,25-26H,9-19H2,1-8H3/t21-,22-,23-,25+,26-,29-/m1/s1. The summed E-state index contributed by atoms with van der Waals surface area (Å²) in [5.74, 6) is 1.88. The van der Waals surface area contributed by atoms with Gasteiger partial charge in [-0.2, -0.15) is 0 Å². The first-order chi connectivity index (χ1) is 16.4. The largest absolute Gasteiger partial charge is 0.465 e. The van der Waals surface area contributed by atoms with E-state index >= 15 is 0 Å². The van der Waals surface area contributed by atoms with Gasteiger partial charge < -0.3 is 18.9 Å². The lowest BCUT2D eigenvalue weighted by Gasteiger charge is -2.46. The first-order valence-corrected chi connectivity index (χ1v) is 13.8. The van der Waals surface area contributed by atoms with Gasteiger partial charge in [-0.05, 0) is 63.2 Å². The van der Waals surface area contributed by atoms with E-state index in [2.05, 4.69) is 27.7 Å². The fourth-order valence-electron chi connectivity index (χ4n) is 6.46. The molecule has 2 aliphatic carbocycles. The molecule has 0 amide bonds. The fourth-order valence-corrected chi connectivity index (χ4v) is 6.46. The number of esters is 1. The zero-order valence-electron chi connectivity index (χ0n) is 23.7. The zero-order chi connectivity index (χ0) is 26.2. The zero-order valence-corrected chi connectivity index (χ0v) is 23.7. The molecule has 0 heterocycles. The summed E-state index contributed by atoms with van der Waals surface area (Å²) in [6, 6.07) is 0. The van der Waals surface area contributed by atoms with Gasteiger partial charge in [0.2, 0.25) is 0 Å². The summed E-state index contributed by atoms with van der Waals surface area (Å²) in [5.41, 5.74) is -0.499. The molecule has 0 aromatic carbocycles. The van der Waals surface area contributed by atoms with Crippen molar-refractivity contribution in [2.24, 2.45) is 40.4 Å². The van der Waals surface area contributed by atoms with E-state index in [1.165, 1.54) is 19.3 Å². The van der Waals surface area contributed by atoms with Crippen LogP contribution in [0.1, 0.15) is 93.4 Å². The number of fused-ring (bicyclic) bond motifs is 1. The summed E-state index contributed by atoms with van der Waals surface area (Å²) >= 11 is 0. The maximum atomic E-state index is 13.2. The average molecular weight is 497 g/mol. The quantitative estimate of drug-likeness (QED) is 0.165. The number of carbonyl (C=O) groups is 2. The van der Waals surface area contributed by atoms with Crippen LogP contribution in [-0.2, 0) is 28.5 Å². The summed E-state index contributed by atoms with van der Waals surface area (Å²) in [7, 11) is 1.66. The first-order valence-electron chi connectivity index (χ1n) is 13.8. The van der Waals surface area contributed by atoms with Gasteiger partial charge in [0.1, 0.15) is 12.6 Å². The van der Waals surface area contributed by atoms with Crippen LogP contribution in [0.3, 0.4) is 0 Å². The number of Topliss-reactive ketones (excluding diaryl/α,β-unsaturated/α-hetero) is 1. The van der Waals surface area contributed by atoms with Crippen molar-refractivity contribution in [3.8, 4) is 0 Å². The van der Waals surface area contributed by atoms with Crippen LogP contribution in [0.4, 0.5) is 0 Å². The molecule has 2 fully saturated rings. The number of carbonyl (C=O) groups excluding carboxylic acids is 2. The Morgan fingerprint density at radius 3 is 2.46 bits per heavy atom. The molecule has 2 aliphatic rings. The van der Waals surface area contributed by atoms with E-state index in [0.29, 0.717) is 43.7 Å². The molecule has 0 spiro atoms. The second-order valence-corrected chi connectivity index (χ2v) is 12.6. The maximum Gasteiger partial charge on any atom is 0.311 e. The summed E-state index contributed by atoms with van der Waals surface area (Å²) in [6.07, 6.45) is 6.74. The smallest absolute Gasteiger partial charge is 0.311 e. The molecular formula is C29H52O6. The van der Waals surface area contributed by atoms with E-state index in [9.17, 15) is 9.59 Å². The van der Waals surface area contributed by atoms with Crippen molar-refractivity contribution in [1.82, 2.24) is 0 Å². The van der Waals surface area contributed by atoms with Crippen molar-refractivity contribution >= 4 is 11.8 Å². The molecule has 0 aromatic heterocycles. The summed E-state index contributed by atoms with van der Waals surface area (Å²) < 4.78 is 22.6. The molecule has 0 aliphatic heterocycles. The van der Waals surface area contributed by atoms with Gasteiger partial charge in [-0.25, -0.2) is 0 Å². The third kappa shape index (κ3) is 8.26. The number of methoxy groups -OCH3 is 1. The second-order valence-electron chi connectivity index (χ2n) is 12.6. The monoisotopic (exact) mass is 496 g/mol. The molecule has 0 aromatic rings. The predicted molar refractivity (Wildman–Crippen MR) is 138 cm³/mol. The van der Waals surface area contributed by atoms with Crippen LogP contribution in [0, 0.1) is 40.4 Å². The average Bonchev–Trinajstić information content (AvgIpc) is 3.07. The molecule has 2 rings (SSSR count). The first kappa shape index (κ1) is 30.2. The van der Waals surface area contributed by atoms with Gasteiger partial charge >= 0.3 is 5.97 Å². The lowest BCUT2D eigenvalue weighted by molar-refractivity contribution is -0.157. The van der Waals surface area contributed by atoms with E-state index < -0.39 is 5.41 Å². The Labute approximate surface area is 214 Å². The minimum Gasteiger partial charge on any atom is -0.465 e. The van der Waals surface area contributed by atoms with Crippen LogP contribution < -0.4 is 0 Å². The van der Waals surface area contributed by atoms with Crippen LogP contribution in [0.2, 0.25) is 0 Å². The normalized spacial score (nSPS) is 29.9. The molecular weight excluding hydrogens is 444 g/mol. The van der Waals surface area contributed by atoms with Crippen LogP contribution in [0.5, 0.6) is 0 Å². The minimum atomic E-state index is -0.542.